The molecular weight excluding hydrogens is 1500 g/mol. The number of piperidine rings is 1. The molecule has 12 amide bonds. The Kier molecular flexibility index (Phi) is 42.8. The third-order valence-electron chi connectivity index (χ3n) is 24.1. The zero-order valence-corrected chi connectivity index (χ0v) is 73.8. The smallest absolute Gasteiger partial charge is 0.312 e. The summed E-state index contributed by atoms with van der Waals surface area (Å²) in [5.41, 5.74) is 6.74. The Morgan fingerprint density at radius 1 is 0.615 bits per heavy atom. The van der Waals surface area contributed by atoms with E-state index >= 15 is 0 Å². The predicted octanol–water partition coefficient (Wildman–Crippen LogP) is 6.90. The summed E-state index contributed by atoms with van der Waals surface area (Å²) in [6.07, 6.45) is 7.80. The molecule has 0 radical (unpaired) electrons. The molecule has 2 saturated heterocycles. The van der Waals surface area contributed by atoms with Crippen LogP contribution in [-0.4, -0.2) is 263 Å². The van der Waals surface area contributed by atoms with Crippen LogP contribution in [0.5, 0.6) is 0 Å². The number of nitrogens with zero attached hydrogens (tertiary/aromatic N) is 5. The molecule has 0 aromatic heterocycles. The van der Waals surface area contributed by atoms with Gasteiger partial charge < -0.3 is 86.7 Å². The molecule has 0 spiro atoms. The summed E-state index contributed by atoms with van der Waals surface area (Å²) in [6.45, 7) is 29.3. The summed E-state index contributed by atoms with van der Waals surface area (Å²) in [5.74, 6) is -4.94. The van der Waals surface area contributed by atoms with E-state index in [0.717, 1.165) is 50.6 Å². The number of primary amides is 1. The van der Waals surface area contributed by atoms with Gasteiger partial charge in [0.05, 0.1) is 74.8 Å². The van der Waals surface area contributed by atoms with Gasteiger partial charge in [-0.1, -0.05) is 152 Å². The number of nitrogens with two attached hydrogens (primary N) is 1. The first-order valence-corrected chi connectivity index (χ1v) is 43.0. The molecule has 2 unspecified atom stereocenters. The van der Waals surface area contributed by atoms with Crippen molar-refractivity contribution in [1.29, 1.82) is 0 Å². The number of carbonyl (C=O) groups excluding carboxylic acids is 11. The van der Waals surface area contributed by atoms with Gasteiger partial charge in [-0.25, -0.2) is 4.79 Å². The maximum Gasteiger partial charge on any atom is 0.312 e. The number of ether oxygens (including phenoxy) is 5. The Morgan fingerprint density at radius 2 is 1.24 bits per heavy atom. The van der Waals surface area contributed by atoms with Crippen molar-refractivity contribution in [1.82, 2.24) is 61.7 Å². The zero-order chi connectivity index (χ0) is 86.8. The molecule has 0 bridgehead atoms. The lowest BCUT2D eigenvalue weighted by Gasteiger charge is -2.44. The lowest BCUT2D eigenvalue weighted by Crippen LogP contribution is -2.61. The second-order valence-corrected chi connectivity index (χ2v) is 33.5. The molecule has 10 N–H and O–H groups in total. The molecule has 3 fully saturated rings. The summed E-state index contributed by atoms with van der Waals surface area (Å²) in [4.78, 5) is 162. The fraction of sp³-hybridized carbons (Fsp3) is 0.736. The van der Waals surface area contributed by atoms with Crippen molar-refractivity contribution >= 4 is 70.8 Å². The highest BCUT2D eigenvalue weighted by Crippen LogP contribution is 2.36. The van der Waals surface area contributed by atoms with Crippen LogP contribution in [0.1, 0.15) is 198 Å². The highest BCUT2D eigenvalue weighted by molar-refractivity contribution is 5.99. The van der Waals surface area contributed by atoms with E-state index in [9.17, 15) is 52.7 Å². The fourth-order valence-electron chi connectivity index (χ4n) is 16.4. The third kappa shape index (κ3) is 30.7. The highest BCUT2D eigenvalue weighted by atomic mass is 16.5. The Balaban J connectivity index is 1.13. The molecule has 2 heterocycles. The highest BCUT2D eigenvalue weighted by Gasteiger charge is 2.46. The van der Waals surface area contributed by atoms with E-state index in [1.807, 2.05) is 85.8 Å². The van der Waals surface area contributed by atoms with Gasteiger partial charge in [0.15, 0.2) is 0 Å². The van der Waals surface area contributed by atoms with Crippen LogP contribution in [0.4, 0.5) is 10.5 Å². The van der Waals surface area contributed by atoms with Crippen molar-refractivity contribution in [2.75, 3.05) is 106 Å². The van der Waals surface area contributed by atoms with Gasteiger partial charge in [-0.2, -0.15) is 0 Å². The van der Waals surface area contributed by atoms with E-state index in [-0.39, 0.29) is 137 Å². The number of nitrogens with one attached hydrogen (secondary N) is 8. The number of likely N-dealkylation sites (N-methyl/N-ethyl adjacent to an activating group) is 2. The van der Waals surface area contributed by atoms with E-state index in [2.05, 4.69) is 87.1 Å². The van der Waals surface area contributed by atoms with Gasteiger partial charge in [0, 0.05) is 84.1 Å². The van der Waals surface area contributed by atoms with Gasteiger partial charge in [0.1, 0.15) is 37.4 Å². The molecule has 1 saturated carbocycles. The van der Waals surface area contributed by atoms with Crippen molar-refractivity contribution in [3.05, 3.63) is 65.7 Å². The van der Waals surface area contributed by atoms with E-state index in [1.54, 1.807) is 73.9 Å². The average Bonchev–Trinajstić information content (AvgIpc) is 1.77. The Bertz CT molecular complexity index is 3430. The standard InChI is InChI=1S/C87H146N14O16/c1-20-58(12)77(98(16)85(111)75(56(8)9)95-84(110)76(57(10)11)97(15)52-61(21-2)22-3)70(113-18)50-72(103)101-42-29-33-69(101)78(114-19)60(14)79(105)93-68(49-62-30-26-25-27-31-62)81(107)90-51-63-34-36-65(37-35-63)91-82(108)67(32-28-41-89-86(88)112)92-83(109)74(55(6)7)94-71(102)53-116-46-44-115-45-47-117-54-73(104)100-43-40-64(48-59(100)13)80(106)96-87(23-4,24-5)99(17)66-38-39-66/h25-27,30-31,34-37,55-61,64,66-70,74-78H,20-24,28-29,32-33,38-54H2,1-19H3,(H,90,107)(H,91,108)(H,92,109)(H,93,105)(H,94,102)(H,95,110)(H,96,106)(H3,88,89,112)/t58-,59?,60+,64?,67-,68-,69-,70+,74-,75-,76-,77-,78+/m0/s1. The Labute approximate surface area is 697 Å². The first-order chi connectivity index (χ1) is 55.6. The van der Waals surface area contributed by atoms with Crippen LogP contribution in [0.3, 0.4) is 0 Å². The number of urea groups is 1. The van der Waals surface area contributed by atoms with Crippen molar-refractivity contribution in [2.24, 2.45) is 47.2 Å². The maximum atomic E-state index is 14.8. The molecule has 2 aromatic carbocycles. The molecule has 3 aliphatic rings. The molecule has 2 aliphatic heterocycles. The average molecular weight is 1640 g/mol. The van der Waals surface area contributed by atoms with Crippen LogP contribution < -0.4 is 48.3 Å². The molecular formula is C87H146N14O16. The number of methoxy groups -OCH3 is 2. The quantitative estimate of drug-likeness (QED) is 0.0240. The number of likely N-dealkylation sites (tertiary alicyclic amines) is 2. The topological polar surface area (TPSA) is 372 Å². The number of amides is 12. The van der Waals surface area contributed by atoms with E-state index in [4.69, 9.17) is 29.4 Å². The van der Waals surface area contributed by atoms with Gasteiger partial charge in [-0.15, -0.1) is 0 Å². The number of hydrogen-bond acceptors (Lipinski definition) is 18. The minimum atomic E-state index is -1.13. The molecule has 1 aliphatic carbocycles. The summed E-state index contributed by atoms with van der Waals surface area (Å²) in [5, 5.41) is 23.3. The Morgan fingerprint density at radius 3 is 1.80 bits per heavy atom. The zero-order valence-electron chi connectivity index (χ0n) is 73.8. The maximum absolute atomic E-state index is 14.8. The van der Waals surface area contributed by atoms with Crippen LogP contribution >= 0.6 is 0 Å². The van der Waals surface area contributed by atoms with Gasteiger partial charge in [-0.3, -0.25) is 57.7 Å². The van der Waals surface area contributed by atoms with Crippen molar-refractivity contribution < 1.29 is 76.4 Å². The number of rotatable bonds is 53. The number of anilines is 1. The lowest BCUT2D eigenvalue weighted by atomic mass is 9.89. The van der Waals surface area contributed by atoms with Crippen molar-refractivity contribution in [3.8, 4) is 0 Å². The molecule has 30 nitrogen and oxygen atoms in total. The molecule has 660 valence electrons. The van der Waals surface area contributed by atoms with E-state index in [0.29, 0.717) is 68.4 Å². The SMILES string of the molecule is CCC(CC)CN(C)[C@H](C(=O)N[C@H](C(=O)N(C)[C@@H]([C@@H](C)CC)[C@@H](CC(=O)N1CCC[C@H]1[C@H](OC)[C@@H](C)C(=O)N[C@@H](Cc1ccccc1)C(=O)NCc1ccc(NC(=O)[C@H](CCCNC(N)=O)NC(=O)[C@@H](NC(=O)COCCOCCOCC(=O)N2CCC(C(=O)NC(CC)(CC)N(C)C3CC3)CC2C)C(C)C)cc1)OC)C(C)C)C(C)C. The van der Waals surface area contributed by atoms with Crippen LogP contribution in [0, 0.1) is 41.4 Å². The summed E-state index contributed by atoms with van der Waals surface area (Å²) in [7, 11) is 8.84. The van der Waals surface area contributed by atoms with Crippen molar-refractivity contribution in [3.63, 3.8) is 0 Å². The van der Waals surface area contributed by atoms with Crippen LogP contribution in [-0.2, 0) is 84.6 Å². The molecule has 5 rings (SSSR count). The van der Waals surface area contributed by atoms with Crippen molar-refractivity contribution in [2.45, 2.75) is 272 Å². The van der Waals surface area contributed by atoms with E-state index in [1.165, 1.54) is 7.11 Å². The summed E-state index contributed by atoms with van der Waals surface area (Å²) < 4.78 is 29.1. The third-order valence-corrected chi connectivity index (χ3v) is 24.1. The summed E-state index contributed by atoms with van der Waals surface area (Å²) in [6, 6.07) is 9.96. The van der Waals surface area contributed by atoms with E-state index < -0.39 is 109 Å². The number of hydrogen-bond donors (Lipinski definition) is 9. The second kappa shape index (κ2) is 50.3. The first kappa shape index (κ1) is 99.7. The fourth-order valence-corrected chi connectivity index (χ4v) is 16.4. The van der Waals surface area contributed by atoms with Crippen LogP contribution in [0.2, 0.25) is 0 Å². The molecule has 2 aromatic rings. The largest absolute Gasteiger partial charge is 0.379 e. The van der Waals surface area contributed by atoms with Crippen LogP contribution in [0.15, 0.2) is 54.6 Å². The monoisotopic (exact) mass is 1640 g/mol. The minimum Gasteiger partial charge on any atom is -0.379 e. The normalized spacial score (nSPS) is 18.4. The first-order valence-electron chi connectivity index (χ1n) is 43.0. The lowest BCUT2D eigenvalue weighted by molar-refractivity contribution is -0.148. The number of carbonyl (C=O) groups is 11. The Hall–Kier alpha value is -7.87. The van der Waals surface area contributed by atoms with Gasteiger partial charge in [-0.05, 0) is 138 Å². The van der Waals surface area contributed by atoms with Crippen LogP contribution in [0.25, 0.3) is 0 Å². The second-order valence-electron chi connectivity index (χ2n) is 33.5. The minimum absolute atomic E-state index is 0.0149. The summed E-state index contributed by atoms with van der Waals surface area (Å²) >= 11 is 0. The van der Waals surface area contributed by atoms with Gasteiger partial charge in [0.2, 0.25) is 59.1 Å². The predicted molar refractivity (Wildman–Crippen MR) is 451 cm³/mol. The molecule has 13 atom stereocenters. The van der Waals surface area contributed by atoms with Gasteiger partial charge >= 0.3 is 6.03 Å². The van der Waals surface area contributed by atoms with Gasteiger partial charge in [0.25, 0.3) is 0 Å². The molecule has 30 heteroatoms. The number of benzene rings is 2. The molecule has 117 heavy (non-hydrogen) atoms.